The quantitative estimate of drug-likeness (QED) is 0.349. The monoisotopic (exact) mass is 476 g/mol. The van der Waals surface area contributed by atoms with E-state index in [2.05, 4.69) is 21.0 Å². The lowest BCUT2D eigenvalue weighted by molar-refractivity contribution is 0.496. The summed E-state index contributed by atoms with van der Waals surface area (Å²) < 4.78 is 31.1. The Bertz CT molecular complexity index is 1180. The molecule has 4 nitrogen and oxygen atoms in total. The van der Waals surface area contributed by atoms with E-state index in [-0.39, 0.29) is 11.6 Å². The van der Waals surface area contributed by atoms with Gasteiger partial charge in [0.2, 0.25) is 0 Å². The summed E-state index contributed by atoms with van der Waals surface area (Å²) in [5.74, 6) is -0.639. The topological polar surface area (TPSA) is 35.6 Å². The second-order valence-electron chi connectivity index (χ2n) is 6.65. The van der Waals surface area contributed by atoms with Crippen molar-refractivity contribution < 1.29 is 8.78 Å². The summed E-state index contributed by atoms with van der Waals surface area (Å²) in [6.45, 7) is 4.04. The molecule has 0 unspecified atom stereocenters. The van der Waals surface area contributed by atoms with Crippen LogP contribution < -0.4 is 0 Å². The van der Waals surface area contributed by atoms with E-state index in [9.17, 15) is 8.78 Å². The molecule has 0 fully saturated rings. The minimum absolute atomic E-state index is 0.311. The van der Waals surface area contributed by atoms with Gasteiger partial charge in [-0.2, -0.15) is 10.2 Å². The third kappa shape index (κ3) is 3.72. The third-order valence-corrected chi connectivity index (χ3v) is 5.99. The van der Waals surface area contributed by atoms with E-state index >= 15 is 0 Å². The summed E-state index contributed by atoms with van der Waals surface area (Å²) in [5.41, 5.74) is 4.50. The number of nitrogens with zero attached hydrogens (tertiary/aromatic N) is 4. The number of hydrogen-bond donors (Lipinski definition) is 0. The molecule has 2 aromatic heterocycles. The zero-order valence-electron chi connectivity index (χ0n) is 15.6. The minimum atomic E-state index is -0.319. The molecule has 0 amide bonds. The smallest absolute Gasteiger partial charge is 0.134 e. The SMILES string of the molecule is Cc1nn(Cn2nc(-c3ccc(F)cc3)c(Br)c2-c2ccc(F)cc2)c(C)c1Cl. The lowest BCUT2D eigenvalue weighted by Crippen LogP contribution is -2.13. The molecule has 0 radical (unpaired) electrons. The van der Waals surface area contributed by atoms with Gasteiger partial charge in [-0.25, -0.2) is 18.1 Å². The average Bonchev–Trinajstić information content (AvgIpc) is 3.15. The Morgan fingerprint density at radius 2 is 1.41 bits per heavy atom. The largest absolute Gasteiger partial charge is 0.246 e. The van der Waals surface area contributed by atoms with Crippen molar-refractivity contribution in [3.63, 3.8) is 0 Å². The van der Waals surface area contributed by atoms with Gasteiger partial charge >= 0.3 is 0 Å². The van der Waals surface area contributed by atoms with Gasteiger partial charge in [-0.05, 0) is 78.3 Å². The molecule has 0 aliphatic carbocycles. The minimum Gasteiger partial charge on any atom is -0.246 e. The molecule has 0 aliphatic heterocycles. The van der Waals surface area contributed by atoms with Gasteiger partial charge in [0.05, 0.1) is 26.6 Å². The van der Waals surface area contributed by atoms with Gasteiger partial charge in [0.1, 0.15) is 24.0 Å². The highest BCUT2D eigenvalue weighted by Crippen LogP contribution is 2.37. The highest BCUT2D eigenvalue weighted by atomic mass is 79.9. The van der Waals surface area contributed by atoms with Crippen molar-refractivity contribution in [2.24, 2.45) is 0 Å². The van der Waals surface area contributed by atoms with Gasteiger partial charge in [-0.1, -0.05) is 11.6 Å². The number of aromatic nitrogens is 4. The molecule has 2 heterocycles. The maximum atomic E-state index is 13.5. The maximum absolute atomic E-state index is 13.5. The molecule has 0 aliphatic rings. The van der Waals surface area contributed by atoms with E-state index in [4.69, 9.17) is 16.7 Å². The van der Waals surface area contributed by atoms with E-state index in [0.29, 0.717) is 17.4 Å². The molecule has 0 atom stereocenters. The summed E-state index contributed by atoms with van der Waals surface area (Å²) in [5, 5.41) is 9.82. The molecule has 0 saturated carbocycles. The fourth-order valence-corrected chi connectivity index (χ4v) is 4.03. The van der Waals surface area contributed by atoms with Gasteiger partial charge < -0.3 is 0 Å². The highest BCUT2D eigenvalue weighted by molar-refractivity contribution is 9.10. The molecule has 0 saturated heterocycles. The Morgan fingerprint density at radius 3 is 1.93 bits per heavy atom. The Morgan fingerprint density at radius 1 is 0.862 bits per heavy atom. The predicted molar refractivity (Wildman–Crippen MR) is 113 cm³/mol. The molecule has 4 rings (SSSR count). The van der Waals surface area contributed by atoms with Gasteiger partial charge in [0.25, 0.3) is 0 Å². The van der Waals surface area contributed by atoms with Crippen LogP contribution in [0.25, 0.3) is 22.5 Å². The fraction of sp³-hybridized carbons (Fsp3) is 0.143. The van der Waals surface area contributed by atoms with E-state index in [0.717, 1.165) is 32.7 Å². The van der Waals surface area contributed by atoms with Crippen LogP contribution in [-0.4, -0.2) is 19.6 Å². The molecule has 0 N–H and O–H groups in total. The van der Waals surface area contributed by atoms with Crippen LogP contribution in [0.4, 0.5) is 8.78 Å². The van der Waals surface area contributed by atoms with Gasteiger partial charge in [-0.15, -0.1) is 0 Å². The first-order chi connectivity index (χ1) is 13.8. The van der Waals surface area contributed by atoms with Crippen LogP contribution in [-0.2, 0) is 6.67 Å². The Kier molecular flexibility index (Phi) is 5.27. The van der Waals surface area contributed by atoms with Gasteiger partial charge in [-0.3, -0.25) is 0 Å². The lowest BCUT2D eigenvalue weighted by Gasteiger charge is -2.10. The predicted octanol–water partition coefficient (Wildman–Crippen LogP) is 6.23. The van der Waals surface area contributed by atoms with E-state index < -0.39 is 0 Å². The second kappa shape index (κ2) is 7.72. The number of aryl methyl sites for hydroxylation is 1. The summed E-state index contributed by atoms with van der Waals surface area (Å²) in [7, 11) is 0. The van der Waals surface area contributed by atoms with Gasteiger partial charge in [0, 0.05) is 11.1 Å². The normalized spacial score (nSPS) is 11.2. The van der Waals surface area contributed by atoms with Gasteiger partial charge in [0.15, 0.2) is 0 Å². The van der Waals surface area contributed by atoms with Crippen molar-refractivity contribution in [2.45, 2.75) is 20.5 Å². The first-order valence-corrected chi connectivity index (χ1v) is 10.00. The van der Waals surface area contributed by atoms with Crippen LogP contribution in [0.2, 0.25) is 5.02 Å². The molecule has 4 aromatic rings. The average molecular weight is 478 g/mol. The third-order valence-electron chi connectivity index (χ3n) is 4.69. The first-order valence-electron chi connectivity index (χ1n) is 8.83. The Labute approximate surface area is 179 Å². The first kappa shape index (κ1) is 19.8. The van der Waals surface area contributed by atoms with Crippen LogP contribution in [0.1, 0.15) is 11.4 Å². The van der Waals surface area contributed by atoms with Crippen LogP contribution in [0.15, 0.2) is 53.0 Å². The summed E-state index contributed by atoms with van der Waals surface area (Å²) in [4.78, 5) is 0. The van der Waals surface area contributed by atoms with Crippen LogP contribution in [0, 0.1) is 25.5 Å². The number of benzene rings is 2. The zero-order chi connectivity index (χ0) is 20.7. The summed E-state index contributed by atoms with van der Waals surface area (Å²) in [6, 6.07) is 12.3. The van der Waals surface area contributed by atoms with Crippen molar-refractivity contribution in [1.29, 1.82) is 0 Å². The summed E-state index contributed by atoms with van der Waals surface area (Å²) in [6.07, 6.45) is 0. The van der Waals surface area contributed by atoms with E-state index in [1.165, 1.54) is 24.3 Å². The molecule has 29 heavy (non-hydrogen) atoms. The molecule has 2 aromatic carbocycles. The van der Waals surface area contributed by atoms with Crippen molar-refractivity contribution in [3.05, 3.63) is 81.0 Å². The van der Waals surface area contributed by atoms with Crippen molar-refractivity contribution in [2.75, 3.05) is 0 Å². The zero-order valence-corrected chi connectivity index (χ0v) is 18.0. The maximum Gasteiger partial charge on any atom is 0.134 e. The molecule has 8 heteroatoms. The Hall–Kier alpha value is -2.51. The van der Waals surface area contributed by atoms with Crippen LogP contribution in [0.3, 0.4) is 0 Å². The standard InChI is InChI=1S/C21H16BrClF2N4/c1-12-19(23)13(2)28(26-12)11-29-21(15-5-9-17(25)10-6-15)18(22)20(27-29)14-3-7-16(24)8-4-14/h3-10H,11H2,1-2H3. The van der Waals surface area contributed by atoms with Crippen LogP contribution in [0.5, 0.6) is 0 Å². The molecule has 148 valence electrons. The second-order valence-corrected chi connectivity index (χ2v) is 7.82. The fourth-order valence-electron chi connectivity index (χ4n) is 3.16. The number of halogens is 4. The molecular formula is C21H16BrClF2N4. The summed E-state index contributed by atoms with van der Waals surface area (Å²) >= 11 is 9.92. The van der Waals surface area contributed by atoms with Crippen molar-refractivity contribution in [3.8, 4) is 22.5 Å². The highest BCUT2D eigenvalue weighted by Gasteiger charge is 2.20. The molecule has 0 spiro atoms. The Balaban J connectivity index is 1.87. The van der Waals surface area contributed by atoms with Crippen molar-refractivity contribution in [1.82, 2.24) is 19.6 Å². The van der Waals surface area contributed by atoms with Crippen molar-refractivity contribution >= 4 is 27.5 Å². The molecular weight excluding hydrogens is 462 g/mol. The number of rotatable bonds is 4. The van der Waals surface area contributed by atoms with Crippen LogP contribution >= 0.6 is 27.5 Å². The van der Waals surface area contributed by atoms with E-state index in [1.807, 2.05) is 13.8 Å². The number of hydrogen-bond acceptors (Lipinski definition) is 2. The van der Waals surface area contributed by atoms with E-state index in [1.54, 1.807) is 33.6 Å². The lowest BCUT2D eigenvalue weighted by atomic mass is 10.1. The molecule has 0 bridgehead atoms.